The Hall–Kier alpha value is -1.75. The fourth-order valence-electron chi connectivity index (χ4n) is 2.99. The lowest BCUT2D eigenvalue weighted by Gasteiger charge is -2.35. The van der Waals surface area contributed by atoms with E-state index in [0.717, 1.165) is 24.2 Å². The minimum absolute atomic E-state index is 0.0425. The number of ketones is 1. The second-order valence-corrected chi connectivity index (χ2v) is 6.05. The summed E-state index contributed by atoms with van der Waals surface area (Å²) in [5, 5.41) is 1.89. The summed E-state index contributed by atoms with van der Waals surface area (Å²) >= 11 is 1.49. The highest BCUT2D eigenvalue weighted by atomic mass is 32.1. The van der Waals surface area contributed by atoms with Gasteiger partial charge in [-0.05, 0) is 25.3 Å². The van der Waals surface area contributed by atoms with Gasteiger partial charge < -0.3 is 4.74 Å². The van der Waals surface area contributed by atoms with Crippen molar-refractivity contribution in [3.05, 3.63) is 34.5 Å². The molecule has 2 heterocycles. The number of nitrogens with zero attached hydrogens (tertiary/aromatic N) is 2. The Kier molecular flexibility index (Phi) is 2.80. The van der Waals surface area contributed by atoms with Gasteiger partial charge in [0.05, 0.1) is 22.8 Å². The van der Waals surface area contributed by atoms with Crippen LogP contribution in [-0.4, -0.2) is 28.6 Å². The zero-order valence-corrected chi connectivity index (χ0v) is 11.7. The van der Waals surface area contributed by atoms with E-state index >= 15 is 0 Å². The molecule has 4 rings (SSSR count). The van der Waals surface area contributed by atoms with E-state index in [0.29, 0.717) is 11.3 Å². The van der Waals surface area contributed by atoms with Crippen molar-refractivity contribution in [3.8, 4) is 0 Å². The quantitative estimate of drug-likeness (QED) is 0.746. The van der Waals surface area contributed by atoms with Crippen molar-refractivity contribution in [2.24, 2.45) is 4.99 Å². The van der Waals surface area contributed by atoms with Crippen LogP contribution in [0, 0.1) is 0 Å². The van der Waals surface area contributed by atoms with Gasteiger partial charge in [0.1, 0.15) is 17.6 Å². The summed E-state index contributed by atoms with van der Waals surface area (Å²) in [6, 6.07) is 0.247. The van der Waals surface area contributed by atoms with Crippen LogP contribution in [-0.2, 0) is 9.53 Å². The third-order valence-electron chi connectivity index (χ3n) is 4.02. The van der Waals surface area contributed by atoms with E-state index in [1.165, 1.54) is 24.2 Å². The highest BCUT2D eigenvalue weighted by Crippen LogP contribution is 2.33. The Morgan fingerprint density at radius 2 is 2.15 bits per heavy atom. The first kappa shape index (κ1) is 12.0. The maximum absolute atomic E-state index is 12.2. The summed E-state index contributed by atoms with van der Waals surface area (Å²) < 4.78 is 5.98. The minimum Gasteiger partial charge on any atom is -0.486 e. The maximum atomic E-state index is 12.2. The number of hydrogen-bond acceptors (Lipinski definition) is 5. The maximum Gasteiger partial charge on any atom is 0.191 e. The van der Waals surface area contributed by atoms with Crippen molar-refractivity contribution >= 4 is 28.4 Å². The van der Waals surface area contributed by atoms with Crippen LogP contribution in [0.1, 0.15) is 31.4 Å². The second kappa shape index (κ2) is 4.66. The first-order chi connectivity index (χ1) is 9.81. The van der Waals surface area contributed by atoms with Gasteiger partial charge in [-0.3, -0.25) is 9.79 Å². The molecule has 0 N–H and O–H groups in total. The lowest BCUT2D eigenvalue weighted by atomic mass is 9.90. The molecule has 1 aromatic rings. The largest absolute Gasteiger partial charge is 0.486 e. The topological polar surface area (TPSA) is 51.5 Å². The fourth-order valence-corrected chi connectivity index (χ4v) is 3.55. The van der Waals surface area contributed by atoms with Crippen molar-refractivity contribution in [1.82, 2.24) is 4.98 Å². The summed E-state index contributed by atoms with van der Waals surface area (Å²) in [6.07, 6.45) is 8.07. The minimum atomic E-state index is -0.0425. The monoisotopic (exact) mass is 286 g/mol. The Balaban J connectivity index is 1.73. The van der Waals surface area contributed by atoms with Gasteiger partial charge >= 0.3 is 0 Å². The zero-order valence-electron chi connectivity index (χ0n) is 10.9. The predicted molar refractivity (Wildman–Crippen MR) is 77.7 cm³/mol. The van der Waals surface area contributed by atoms with Crippen molar-refractivity contribution in [2.75, 3.05) is 0 Å². The summed E-state index contributed by atoms with van der Waals surface area (Å²) in [4.78, 5) is 21.2. The van der Waals surface area contributed by atoms with Gasteiger partial charge in [-0.1, -0.05) is 6.42 Å². The number of carbonyl (C=O) groups excluding carboxylic acids is 1. The SMILES string of the molecule is O=C1C=C2O[C@@H]3CCCC[C@H]3N=C2C=C1c1cscn1. The van der Waals surface area contributed by atoms with Crippen LogP contribution in [0.5, 0.6) is 0 Å². The molecule has 102 valence electrons. The van der Waals surface area contributed by atoms with E-state index in [-0.39, 0.29) is 17.9 Å². The van der Waals surface area contributed by atoms with E-state index in [9.17, 15) is 4.79 Å². The highest BCUT2D eigenvalue weighted by molar-refractivity contribution is 7.07. The van der Waals surface area contributed by atoms with Crippen molar-refractivity contribution < 1.29 is 9.53 Å². The number of allylic oxidation sites excluding steroid dienone is 3. The molecule has 3 aliphatic rings. The molecule has 5 heteroatoms. The smallest absolute Gasteiger partial charge is 0.191 e. The average molecular weight is 286 g/mol. The van der Waals surface area contributed by atoms with Gasteiger partial charge in [-0.2, -0.15) is 0 Å². The number of carbonyl (C=O) groups is 1. The van der Waals surface area contributed by atoms with Crippen LogP contribution in [0.25, 0.3) is 5.57 Å². The molecule has 1 aromatic heterocycles. The summed E-state index contributed by atoms with van der Waals surface area (Å²) in [7, 11) is 0. The second-order valence-electron chi connectivity index (χ2n) is 5.33. The summed E-state index contributed by atoms with van der Waals surface area (Å²) in [5.74, 6) is 0.594. The van der Waals surface area contributed by atoms with Crippen molar-refractivity contribution in [3.63, 3.8) is 0 Å². The lowest BCUT2D eigenvalue weighted by Crippen LogP contribution is -2.37. The Bertz CT molecular complexity index is 643. The van der Waals surface area contributed by atoms with Crippen LogP contribution >= 0.6 is 11.3 Å². The zero-order chi connectivity index (χ0) is 13.5. The molecule has 1 aliphatic heterocycles. The Morgan fingerprint density at radius 3 is 3.00 bits per heavy atom. The molecular weight excluding hydrogens is 272 g/mol. The fraction of sp³-hybridized carbons (Fsp3) is 0.400. The number of hydrogen-bond donors (Lipinski definition) is 0. The molecule has 0 amide bonds. The van der Waals surface area contributed by atoms with Crippen LogP contribution in [0.15, 0.2) is 33.8 Å². The molecule has 0 bridgehead atoms. The van der Waals surface area contributed by atoms with Crippen LogP contribution in [0.3, 0.4) is 0 Å². The molecule has 0 unspecified atom stereocenters. The molecule has 2 atom stereocenters. The molecule has 1 fully saturated rings. The van der Waals surface area contributed by atoms with Crippen LogP contribution in [0.4, 0.5) is 0 Å². The molecule has 0 radical (unpaired) electrons. The summed E-state index contributed by atoms with van der Waals surface area (Å²) in [5.41, 5.74) is 3.88. The number of ether oxygens (including phenoxy) is 1. The van der Waals surface area contributed by atoms with Gasteiger partial charge in [0.2, 0.25) is 0 Å². The van der Waals surface area contributed by atoms with Crippen LogP contribution in [0.2, 0.25) is 0 Å². The Labute approximate surface area is 120 Å². The number of thiazole rings is 1. The molecular formula is C15H14N2O2S. The van der Waals surface area contributed by atoms with Gasteiger partial charge in [0.25, 0.3) is 0 Å². The summed E-state index contributed by atoms with van der Waals surface area (Å²) in [6.45, 7) is 0. The number of aliphatic imine (C=N–C) groups is 1. The lowest BCUT2D eigenvalue weighted by molar-refractivity contribution is -0.109. The molecule has 20 heavy (non-hydrogen) atoms. The van der Waals surface area contributed by atoms with E-state index in [2.05, 4.69) is 4.98 Å². The number of aromatic nitrogens is 1. The standard InChI is InChI=1S/C15H14N2O2S/c18-13-6-15-11(5-9(13)12-7-20-8-16-12)17-10-3-1-2-4-14(10)19-15/h5-8,10,14H,1-4H2/t10-,14-/m1/s1. The van der Waals surface area contributed by atoms with E-state index < -0.39 is 0 Å². The molecule has 1 saturated carbocycles. The van der Waals surface area contributed by atoms with Crippen LogP contribution < -0.4 is 0 Å². The molecule has 4 nitrogen and oxygen atoms in total. The van der Waals surface area contributed by atoms with Gasteiger partial charge in [-0.15, -0.1) is 11.3 Å². The predicted octanol–water partition coefficient (Wildman–Crippen LogP) is 2.78. The van der Waals surface area contributed by atoms with Crippen molar-refractivity contribution in [2.45, 2.75) is 37.8 Å². The average Bonchev–Trinajstić information content (AvgIpc) is 2.98. The third-order valence-corrected chi connectivity index (χ3v) is 4.61. The van der Waals surface area contributed by atoms with Gasteiger partial charge in [0, 0.05) is 11.5 Å². The van der Waals surface area contributed by atoms with Crippen molar-refractivity contribution in [1.29, 1.82) is 0 Å². The van der Waals surface area contributed by atoms with Gasteiger partial charge in [0.15, 0.2) is 5.78 Å². The van der Waals surface area contributed by atoms with Gasteiger partial charge in [-0.25, -0.2) is 4.98 Å². The molecule has 2 aliphatic carbocycles. The van der Waals surface area contributed by atoms with E-state index in [4.69, 9.17) is 9.73 Å². The number of rotatable bonds is 1. The third kappa shape index (κ3) is 1.93. The first-order valence-corrected chi connectivity index (χ1v) is 7.86. The number of fused-ring (bicyclic) bond motifs is 2. The first-order valence-electron chi connectivity index (χ1n) is 6.92. The van der Waals surface area contributed by atoms with E-state index in [1.54, 1.807) is 11.6 Å². The Morgan fingerprint density at radius 1 is 1.25 bits per heavy atom. The van der Waals surface area contributed by atoms with E-state index in [1.807, 2.05) is 11.5 Å². The normalized spacial score (nSPS) is 28.6. The molecule has 0 spiro atoms. The molecule has 0 saturated heterocycles. The highest BCUT2D eigenvalue weighted by Gasteiger charge is 2.34. The molecule has 0 aromatic carbocycles.